The van der Waals surface area contributed by atoms with Gasteiger partial charge in [-0.2, -0.15) is 0 Å². The zero-order valence-electron chi connectivity index (χ0n) is 23.7. The van der Waals surface area contributed by atoms with Gasteiger partial charge in [-0.05, 0) is 25.0 Å². The second-order valence-corrected chi connectivity index (χ2v) is 10.8. The number of carbonyl (C=O) groups excluding carboxylic acids is 4. The molecule has 0 atom stereocenters. The van der Waals surface area contributed by atoms with Crippen LogP contribution in [-0.2, 0) is 0 Å². The summed E-state index contributed by atoms with van der Waals surface area (Å²) >= 11 is 0. The van der Waals surface area contributed by atoms with Crippen molar-refractivity contribution in [3.63, 3.8) is 0 Å². The lowest BCUT2D eigenvalue weighted by Crippen LogP contribution is -2.44. The number of unbranched alkanes of at least 4 members (excludes halogenated alkanes) is 10. The second kappa shape index (κ2) is 13.0. The van der Waals surface area contributed by atoms with Crippen LogP contribution in [0.15, 0.2) is 12.1 Å². The Kier molecular flexibility index (Phi) is 9.43. The average molecular weight is 539 g/mol. The van der Waals surface area contributed by atoms with E-state index in [9.17, 15) is 19.2 Å². The summed E-state index contributed by atoms with van der Waals surface area (Å²) < 4.78 is 0. The quantitative estimate of drug-likeness (QED) is 0.152. The molecule has 0 fully saturated rings. The third kappa shape index (κ3) is 5.28. The summed E-state index contributed by atoms with van der Waals surface area (Å²) in [4.78, 5) is 57.2. The Bertz CT molecular complexity index is 1330. The summed E-state index contributed by atoms with van der Waals surface area (Å²) in [5.41, 5.74) is 1.31. The molecular formula is C34H38N2O4. The molecule has 2 aromatic carbocycles. The van der Waals surface area contributed by atoms with Crippen LogP contribution in [-0.4, -0.2) is 46.5 Å². The minimum atomic E-state index is -0.487. The van der Waals surface area contributed by atoms with Crippen molar-refractivity contribution in [1.82, 2.24) is 9.80 Å². The monoisotopic (exact) mass is 538 g/mol. The van der Waals surface area contributed by atoms with Crippen molar-refractivity contribution < 1.29 is 19.2 Å². The zero-order chi connectivity index (χ0) is 28.8. The Morgan fingerprint density at radius 3 is 1.25 bits per heavy atom. The summed E-state index contributed by atoms with van der Waals surface area (Å²) in [7, 11) is 0. The third-order valence-corrected chi connectivity index (χ3v) is 8.06. The number of rotatable bonds is 14. The number of nitrogens with zero attached hydrogens (tertiary/aromatic N) is 2. The number of imide groups is 2. The molecule has 0 spiro atoms. The maximum Gasteiger partial charge on any atom is 0.262 e. The predicted molar refractivity (Wildman–Crippen MR) is 157 cm³/mol. The highest BCUT2D eigenvalue weighted by Gasteiger charge is 2.42. The lowest BCUT2D eigenvalue weighted by Gasteiger charge is -2.33. The topological polar surface area (TPSA) is 74.8 Å². The molecule has 0 unspecified atom stereocenters. The molecule has 208 valence electrons. The lowest BCUT2D eigenvalue weighted by molar-refractivity contribution is 0.0585. The molecule has 2 aromatic rings. The molecule has 0 saturated heterocycles. The molecule has 0 N–H and O–H groups in total. The Labute approximate surface area is 237 Å². The first kappa shape index (κ1) is 29.1. The van der Waals surface area contributed by atoms with E-state index in [-0.39, 0.29) is 57.2 Å². The van der Waals surface area contributed by atoms with Gasteiger partial charge in [0.2, 0.25) is 0 Å². The number of benzene rings is 2. The summed E-state index contributed by atoms with van der Waals surface area (Å²) in [6.07, 6.45) is 23.8. The Morgan fingerprint density at radius 2 is 0.900 bits per heavy atom. The molecule has 6 heteroatoms. The first-order valence-corrected chi connectivity index (χ1v) is 14.7. The summed E-state index contributed by atoms with van der Waals surface area (Å²) in [6.45, 7) is 4.85. The van der Waals surface area contributed by atoms with Crippen molar-refractivity contribution in [1.29, 1.82) is 0 Å². The van der Waals surface area contributed by atoms with Crippen LogP contribution in [0.3, 0.4) is 0 Å². The van der Waals surface area contributed by atoms with E-state index in [0.29, 0.717) is 12.8 Å². The van der Waals surface area contributed by atoms with Crippen molar-refractivity contribution in [3.05, 3.63) is 45.5 Å². The van der Waals surface area contributed by atoms with Gasteiger partial charge in [-0.3, -0.25) is 29.0 Å². The van der Waals surface area contributed by atoms with Crippen molar-refractivity contribution in [2.24, 2.45) is 0 Å². The first-order chi connectivity index (χ1) is 19.4. The van der Waals surface area contributed by atoms with Crippen LogP contribution < -0.4 is 0 Å². The highest BCUT2D eigenvalue weighted by Crippen LogP contribution is 2.41. The van der Waals surface area contributed by atoms with E-state index in [2.05, 4.69) is 25.7 Å². The second-order valence-electron chi connectivity index (χ2n) is 10.8. The first-order valence-electron chi connectivity index (χ1n) is 14.7. The number of terminal acetylenes is 2. The van der Waals surface area contributed by atoms with E-state index in [1.54, 1.807) is 0 Å². The van der Waals surface area contributed by atoms with Gasteiger partial charge in [0, 0.05) is 46.1 Å². The minimum Gasteiger partial charge on any atom is -0.274 e. The van der Waals surface area contributed by atoms with Crippen LogP contribution in [0, 0.1) is 24.7 Å². The van der Waals surface area contributed by atoms with Gasteiger partial charge in [-0.25, -0.2) is 0 Å². The Balaban J connectivity index is 1.73. The van der Waals surface area contributed by atoms with Crippen LogP contribution in [0.25, 0.3) is 10.8 Å². The average Bonchev–Trinajstić information content (AvgIpc) is 2.96. The Hall–Kier alpha value is -3.90. The van der Waals surface area contributed by atoms with Crippen LogP contribution in [0.2, 0.25) is 0 Å². The molecule has 0 aliphatic carbocycles. The fourth-order valence-corrected chi connectivity index (χ4v) is 5.90. The van der Waals surface area contributed by atoms with Crippen LogP contribution in [0.5, 0.6) is 0 Å². The number of hydrogen-bond acceptors (Lipinski definition) is 4. The number of hydrogen-bond donors (Lipinski definition) is 0. The molecule has 0 radical (unpaired) electrons. The normalized spacial score (nSPS) is 14.2. The molecule has 2 aliphatic heterocycles. The van der Waals surface area contributed by atoms with Crippen molar-refractivity contribution in [3.8, 4) is 24.7 Å². The maximum atomic E-state index is 13.7. The van der Waals surface area contributed by atoms with Crippen LogP contribution >= 0.6 is 0 Å². The van der Waals surface area contributed by atoms with E-state index in [1.807, 2.05) is 0 Å². The molecule has 0 bridgehead atoms. The summed E-state index contributed by atoms with van der Waals surface area (Å²) in [5, 5.41) is 0.545. The molecule has 4 rings (SSSR count). The van der Waals surface area contributed by atoms with Gasteiger partial charge in [-0.1, -0.05) is 89.9 Å². The highest BCUT2D eigenvalue weighted by atomic mass is 16.2. The molecule has 2 aliphatic rings. The zero-order valence-corrected chi connectivity index (χ0v) is 23.7. The fourth-order valence-electron chi connectivity index (χ4n) is 5.90. The fraction of sp³-hybridized carbons (Fsp3) is 0.471. The minimum absolute atomic E-state index is 0.191. The molecule has 6 nitrogen and oxygen atoms in total. The molecular weight excluding hydrogens is 500 g/mol. The van der Waals surface area contributed by atoms with Crippen LogP contribution in [0.1, 0.15) is 143 Å². The summed E-state index contributed by atoms with van der Waals surface area (Å²) in [6, 6.07) is 3.04. The van der Waals surface area contributed by atoms with Gasteiger partial charge in [0.25, 0.3) is 23.6 Å². The number of carbonyl (C=O) groups is 4. The van der Waals surface area contributed by atoms with E-state index < -0.39 is 23.6 Å². The van der Waals surface area contributed by atoms with Crippen molar-refractivity contribution in [2.75, 3.05) is 13.1 Å². The molecule has 2 heterocycles. The van der Waals surface area contributed by atoms with E-state index in [4.69, 9.17) is 12.8 Å². The van der Waals surface area contributed by atoms with Gasteiger partial charge < -0.3 is 0 Å². The van der Waals surface area contributed by atoms with Crippen LogP contribution in [0.4, 0.5) is 0 Å². The maximum absolute atomic E-state index is 13.7. The summed E-state index contributed by atoms with van der Waals surface area (Å²) in [5.74, 6) is 3.22. The SMILES string of the molecule is C#Cc1cc2c3c(c(C#C)cc4c3c1C(=O)N(CCCCCCCC)C4=O)C(=O)N(CCCCCCCC)C2=O. The molecule has 4 amide bonds. The standard InChI is InChI=1S/C34H38N2O4/c1-5-9-11-13-15-17-19-35-31(37)25-21-24(8-4)28-30-26(22-23(7-3)27(29(25)30)33(35)39)32(38)36(34(28)40)20-18-16-14-12-10-6-2/h3-4,21-22H,5-6,9-20H2,1-2H3. The van der Waals surface area contributed by atoms with E-state index >= 15 is 0 Å². The smallest absolute Gasteiger partial charge is 0.262 e. The predicted octanol–water partition coefficient (Wildman–Crippen LogP) is 6.72. The van der Waals surface area contributed by atoms with Crippen molar-refractivity contribution in [2.45, 2.75) is 90.9 Å². The third-order valence-electron chi connectivity index (χ3n) is 8.06. The van der Waals surface area contributed by atoms with Gasteiger partial charge in [0.15, 0.2) is 0 Å². The van der Waals surface area contributed by atoms with Crippen molar-refractivity contribution >= 4 is 34.4 Å². The highest BCUT2D eigenvalue weighted by molar-refractivity contribution is 6.34. The van der Waals surface area contributed by atoms with Gasteiger partial charge in [0.1, 0.15) is 0 Å². The van der Waals surface area contributed by atoms with Gasteiger partial charge >= 0.3 is 0 Å². The number of amides is 4. The largest absolute Gasteiger partial charge is 0.274 e. The van der Waals surface area contributed by atoms with Gasteiger partial charge in [0.05, 0.1) is 11.1 Å². The molecule has 0 aromatic heterocycles. The van der Waals surface area contributed by atoms with E-state index in [0.717, 1.165) is 64.2 Å². The Morgan fingerprint density at radius 1 is 0.550 bits per heavy atom. The van der Waals surface area contributed by atoms with Gasteiger partial charge in [-0.15, -0.1) is 12.8 Å². The lowest BCUT2D eigenvalue weighted by atomic mass is 9.81. The van der Waals surface area contributed by atoms with E-state index in [1.165, 1.54) is 21.9 Å². The molecule has 40 heavy (non-hydrogen) atoms. The molecule has 0 saturated carbocycles.